The highest BCUT2D eigenvalue weighted by Gasteiger charge is 2.35. The van der Waals surface area contributed by atoms with Gasteiger partial charge in [0.05, 0.1) is 11.3 Å². The van der Waals surface area contributed by atoms with Crippen molar-refractivity contribution in [3.05, 3.63) is 29.3 Å². The van der Waals surface area contributed by atoms with Crippen LogP contribution in [0, 0.1) is 6.92 Å². The molecule has 0 bridgehead atoms. The molecule has 2 amide bonds. The normalized spacial score (nSPS) is 13.7. The lowest BCUT2D eigenvalue weighted by Gasteiger charge is -2.17. The Bertz CT molecular complexity index is 578. The summed E-state index contributed by atoms with van der Waals surface area (Å²) < 4.78 is 0. The number of hydrogen-bond donors (Lipinski definition) is 0. The van der Waals surface area contributed by atoms with Crippen molar-refractivity contribution in [1.82, 2.24) is 4.90 Å². The highest BCUT2D eigenvalue weighted by molar-refractivity contribution is 6.52. The van der Waals surface area contributed by atoms with Crippen molar-refractivity contribution in [1.29, 1.82) is 0 Å². The van der Waals surface area contributed by atoms with Crippen LogP contribution in [0.2, 0.25) is 0 Å². The molecule has 0 spiro atoms. The fourth-order valence-electron chi connectivity index (χ4n) is 2.25. The summed E-state index contributed by atoms with van der Waals surface area (Å²) in [7, 11) is 3.40. The van der Waals surface area contributed by atoms with E-state index in [0.29, 0.717) is 30.6 Å². The first-order chi connectivity index (χ1) is 9.41. The minimum Gasteiger partial charge on any atom is -0.349 e. The standard InChI is InChI=1S/C15H18N2O3/c1-10-6-7-12-11(9-10)14(19)15(20)17(12)8-4-5-13(18)16(2)3/h6-7,9H,4-5,8H2,1-3H3. The topological polar surface area (TPSA) is 57.7 Å². The van der Waals surface area contributed by atoms with Gasteiger partial charge in [0.2, 0.25) is 5.91 Å². The van der Waals surface area contributed by atoms with E-state index in [-0.39, 0.29) is 5.91 Å². The van der Waals surface area contributed by atoms with Gasteiger partial charge in [0.15, 0.2) is 0 Å². The average molecular weight is 274 g/mol. The summed E-state index contributed by atoms with van der Waals surface area (Å²) in [5, 5.41) is 0. The highest BCUT2D eigenvalue weighted by atomic mass is 16.2. The summed E-state index contributed by atoms with van der Waals surface area (Å²) in [6.07, 6.45) is 0.912. The number of aryl methyl sites for hydroxylation is 1. The van der Waals surface area contributed by atoms with Crippen LogP contribution in [0.3, 0.4) is 0 Å². The molecular formula is C15H18N2O3. The number of anilines is 1. The van der Waals surface area contributed by atoms with E-state index in [4.69, 9.17) is 0 Å². The maximum atomic E-state index is 12.0. The quantitative estimate of drug-likeness (QED) is 0.780. The second-order valence-electron chi connectivity index (χ2n) is 5.20. The van der Waals surface area contributed by atoms with Crippen molar-refractivity contribution in [2.24, 2.45) is 0 Å². The van der Waals surface area contributed by atoms with E-state index in [0.717, 1.165) is 5.56 Å². The summed E-state index contributed by atoms with van der Waals surface area (Å²) in [5.74, 6) is -0.933. The molecule has 5 heteroatoms. The number of nitrogens with zero attached hydrogens (tertiary/aromatic N) is 2. The molecule has 1 heterocycles. The first-order valence-corrected chi connectivity index (χ1v) is 6.59. The monoisotopic (exact) mass is 274 g/mol. The lowest BCUT2D eigenvalue weighted by atomic mass is 10.1. The lowest BCUT2D eigenvalue weighted by molar-refractivity contribution is -0.128. The molecule has 0 unspecified atom stereocenters. The molecule has 0 fully saturated rings. The molecule has 0 radical (unpaired) electrons. The SMILES string of the molecule is Cc1ccc2c(c1)C(=O)C(=O)N2CCCC(=O)N(C)C. The van der Waals surface area contributed by atoms with Gasteiger partial charge in [-0.15, -0.1) is 0 Å². The molecule has 1 aromatic carbocycles. The Hall–Kier alpha value is -2.17. The van der Waals surface area contributed by atoms with Gasteiger partial charge in [-0.1, -0.05) is 11.6 Å². The zero-order valence-electron chi connectivity index (χ0n) is 12.0. The van der Waals surface area contributed by atoms with Crippen molar-refractivity contribution >= 4 is 23.3 Å². The van der Waals surface area contributed by atoms with E-state index >= 15 is 0 Å². The third kappa shape index (κ3) is 2.57. The van der Waals surface area contributed by atoms with Gasteiger partial charge in [0.1, 0.15) is 0 Å². The van der Waals surface area contributed by atoms with E-state index in [2.05, 4.69) is 0 Å². The molecule has 5 nitrogen and oxygen atoms in total. The molecule has 0 atom stereocenters. The Balaban J connectivity index is 2.09. The molecule has 0 N–H and O–H groups in total. The van der Waals surface area contributed by atoms with Gasteiger partial charge in [-0.3, -0.25) is 14.4 Å². The van der Waals surface area contributed by atoms with Gasteiger partial charge in [-0.2, -0.15) is 0 Å². The highest BCUT2D eigenvalue weighted by Crippen LogP contribution is 2.29. The predicted molar refractivity (Wildman–Crippen MR) is 75.8 cm³/mol. The number of Topliss-reactive ketones (excluding diaryl/α,β-unsaturated/α-hetero) is 1. The molecule has 0 aromatic heterocycles. The molecule has 0 saturated carbocycles. The van der Waals surface area contributed by atoms with Crippen LogP contribution in [0.15, 0.2) is 18.2 Å². The maximum absolute atomic E-state index is 12.0. The van der Waals surface area contributed by atoms with Gasteiger partial charge < -0.3 is 9.80 Å². The van der Waals surface area contributed by atoms with Crippen LogP contribution in [0.4, 0.5) is 5.69 Å². The van der Waals surface area contributed by atoms with E-state index in [1.54, 1.807) is 26.2 Å². The van der Waals surface area contributed by atoms with Crippen molar-refractivity contribution in [2.75, 3.05) is 25.5 Å². The zero-order valence-corrected chi connectivity index (χ0v) is 12.0. The summed E-state index contributed by atoms with van der Waals surface area (Å²) >= 11 is 0. The number of carbonyl (C=O) groups excluding carboxylic acids is 3. The molecule has 106 valence electrons. The maximum Gasteiger partial charge on any atom is 0.299 e. The summed E-state index contributed by atoms with van der Waals surface area (Å²) in [4.78, 5) is 38.4. The smallest absolute Gasteiger partial charge is 0.299 e. The second kappa shape index (κ2) is 5.45. The number of ketones is 1. The first-order valence-electron chi connectivity index (χ1n) is 6.59. The number of fused-ring (bicyclic) bond motifs is 1. The second-order valence-corrected chi connectivity index (χ2v) is 5.20. The number of rotatable bonds is 4. The Morgan fingerprint density at radius 3 is 2.60 bits per heavy atom. The van der Waals surface area contributed by atoms with Crippen LogP contribution in [0.1, 0.15) is 28.8 Å². The van der Waals surface area contributed by atoms with Crippen LogP contribution >= 0.6 is 0 Å². The molecule has 20 heavy (non-hydrogen) atoms. The lowest BCUT2D eigenvalue weighted by Crippen LogP contribution is -2.31. The fourth-order valence-corrected chi connectivity index (χ4v) is 2.25. The average Bonchev–Trinajstić information content (AvgIpc) is 2.63. The van der Waals surface area contributed by atoms with Crippen LogP contribution in [-0.2, 0) is 9.59 Å². The molecule has 1 aromatic rings. The van der Waals surface area contributed by atoms with Gasteiger partial charge in [-0.05, 0) is 25.5 Å². The Morgan fingerprint density at radius 1 is 1.25 bits per heavy atom. The van der Waals surface area contributed by atoms with Gasteiger partial charge in [0.25, 0.3) is 11.7 Å². The van der Waals surface area contributed by atoms with Crippen molar-refractivity contribution in [3.8, 4) is 0 Å². The molecule has 1 aliphatic rings. The Morgan fingerprint density at radius 2 is 1.95 bits per heavy atom. The van der Waals surface area contributed by atoms with Gasteiger partial charge in [0, 0.05) is 27.1 Å². The molecule has 0 saturated heterocycles. The predicted octanol–water partition coefficient (Wildman–Crippen LogP) is 1.39. The van der Waals surface area contributed by atoms with E-state index in [9.17, 15) is 14.4 Å². The van der Waals surface area contributed by atoms with E-state index < -0.39 is 11.7 Å². The van der Waals surface area contributed by atoms with Crippen molar-refractivity contribution in [2.45, 2.75) is 19.8 Å². The van der Waals surface area contributed by atoms with Gasteiger partial charge in [-0.25, -0.2) is 0 Å². The number of carbonyl (C=O) groups is 3. The molecule has 0 aliphatic carbocycles. The van der Waals surface area contributed by atoms with Crippen LogP contribution in [-0.4, -0.2) is 43.1 Å². The minimum absolute atomic E-state index is 0.0205. The minimum atomic E-state index is -0.497. The van der Waals surface area contributed by atoms with Gasteiger partial charge >= 0.3 is 0 Å². The number of hydrogen-bond acceptors (Lipinski definition) is 3. The van der Waals surface area contributed by atoms with E-state index in [1.165, 1.54) is 9.80 Å². The summed E-state index contributed by atoms with van der Waals surface area (Å²) in [5.41, 5.74) is 2.08. The zero-order chi connectivity index (χ0) is 14.9. The Kier molecular flexibility index (Phi) is 3.88. The van der Waals surface area contributed by atoms with Crippen LogP contribution < -0.4 is 4.90 Å². The van der Waals surface area contributed by atoms with Crippen LogP contribution in [0.5, 0.6) is 0 Å². The largest absolute Gasteiger partial charge is 0.349 e. The van der Waals surface area contributed by atoms with E-state index in [1.807, 2.05) is 13.0 Å². The Labute approximate surface area is 118 Å². The summed E-state index contributed by atoms with van der Waals surface area (Å²) in [6.45, 7) is 2.27. The third-order valence-electron chi connectivity index (χ3n) is 3.40. The molecule has 1 aliphatic heterocycles. The first kappa shape index (κ1) is 14.2. The van der Waals surface area contributed by atoms with Crippen molar-refractivity contribution in [3.63, 3.8) is 0 Å². The molecule has 2 rings (SSSR count). The summed E-state index contributed by atoms with van der Waals surface area (Å²) in [6, 6.07) is 5.41. The fraction of sp³-hybridized carbons (Fsp3) is 0.400. The van der Waals surface area contributed by atoms with Crippen molar-refractivity contribution < 1.29 is 14.4 Å². The number of amides is 2. The number of benzene rings is 1. The van der Waals surface area contributed by atoms with Crippen LogP contribution in [0.25, 0.3) is 0 Å². The molecular weight excluding hydrogens is 256 g/mol. The third-order valence-corrected chi connectivity index (χ3v) is 3.40.